The summed E-state index contributed by atoms with van der Waals surface area (Å²) in [6, 6.07) is 5.09. The molecule has 0 aromatic heterocycles. The Bertz CT molecular complexity index is 407. The minimum Gasteiger partial charge on any atom is -0.330 e. The van der Waals surface area contributed by atoms with Crippen LogP contribution in [0.1, 0.15) is 25.8 Å². The zero-order valence-electron chi connectivity index (χ0n) is 12.0. The van der Waals surface area contributed by atoms with Crippen LogP contribution in [0.4, 0.5) is 4.39 Å². The highest BCUT2D eigenvalue weighted by molar-refractivity contribution is 9.10. The van der Waals surface area contributed by atoms with Crippen LogP contribution in [0, 0.1) is 11.2 Å². The third-order valence-corrected chi connectivity index (χ3v) is 3.99. The summed E-state index contributed by atoms with van der Waals surface area (Å²) in [6.07, 6.45) is 1.78. The quantitative estimate of drug-likeness (QED) is 0.829. The SMILES string of the molecule is CN(CCc1cc(Br)ccc1F)CCC(C)(C)CN. The highest BCUT2D eigenvalue weighted by Gasteiger charge is 2.16. The minimum absolute atomic E-state index is 0.126. The van der Waals surface area contributed by atoms with Gasteiger partial charge in [0.25, 0.3) is 0 Å². The summed E-state index contributed by atoms with van der Waals surface area (Å²) in [5.74, 6) is -0.126. The number of halogens is 2. The van der Waals surface area contributed by atoms with Crippen molar-refractivity contribution in [3.8, 4) is 0 Å². The highest BCUT2D eigenvalue weighted by Crippen LogP contribution is 2.19. The first-order valence-corrected chi connectivity index (χ1v) is 7.46. The Balaban J connectivity index is 2.42. The summed E-state index contributed by atoms with van der Waals surface area (Å²) in [5.41, 5.74) is 6.66. The lowest BCUT2D eigenvalue weighted by molar-refractivity contribution is 0.255. The van der Waals surface area contributed by atoms with Crippen molar-refractivity contribution in [3.05, 3.63) is 34.1 Å². The maximum absolute atomic E-state index is 13.6. The van der Waals surface area contributed by atoms with E-state index in [9.17, 15) is 4.39 Å². The van der Waals surface area contributed by atoms with Crippen LogP contribution in [-0.4, -0.2) is 31.6 Å². The van der Waals surface area contributed by atoms with Crippen molar-refractivity contribution in [2.24, 2.45) is 11.1 Å². The smallest absolute Gasteiger partial charge is 0.126 e. The molecule has 2 N–H and O–H groups in total. The van der Waals surface area contributed by atoms with Gasteiger partial charge >= 0.3 is 0 Å². The number of rotatable bonds is 7. The number of benzene rings is 1. The van der Waals surface area contributed by atoms with Gasteiger partial charge in [0.2, 0.25) is 0 Å². The van der Waals surface area contributed by atoms with Gasteiger partial charge in [0.05, 0.1) is 0 Å². The van der Waals surface area contributed by atoms with Gasteiger partial charge < -0.3 is 10.6 Å². The first kappa shape index (κ1) is 16.6. The molecule has 0 aliphatic heterocycles. The molecule has 0 heterocycles. The number of nitrogens with zero attached hydrogens (tertiary/aromatic N) is 1. The van der Waals surface area contributed by atoms with E-state index < -0.39 is 0 Å². The van der Waals surface area contributed by atoms with Crippen LogP contribution < -0.4 is 5.73 Å². The molecular formula is C15H24BrFN2. The fourth-order valence-electron chi connectivity index (χ4n) is 1.75. The van der Waals surface area contributed by atoms with Crippen molar-refractivity contribution in [2.45, 2.75) is 26.7 Å². The molecule has 0 amide bonds. The molecule has 108 valence electrons. The molecule has 0 bridgehead atoms. The maximum atomic E-state index is 13.6. The molecule has 19 heavy (non-hydrogen) atoms. The number of hydrogen-bond donors (Lipinski definition) is 1. The van der Waals surface area contributed by atoms with E-state index in [2.05, 4.69) is 41.7 Å². The van der Waals surface area contributed by atoms with Crippen molar-refractivity contribution in [3.63, 3.8) is 0 Å². The lowest BCUT2D eigenvalue weighted by Crippen LogP contribution is -2.30. The van der Waals surface area contributed by atoms with Crippen LogP contribution in [0.15, 0.2) is 22.7 Å². The Kier molecular flexibility index (Phi) is 6.43. The van der Waals surface area contributed by atoms with E-state index >= 15 is 0 Å². The zero-order valence-corrected chi connectivity index (χ0v) is 13.6. The summed E-state index contributed by atoms with van der Waals surface area (Å²) in [6.45, 7) is 6.89. The van der Waals surface area contributed by atoms with Gasteiger partial charge in [-0.2, -0.15) is 0 Å². The number of nitrogens with two attached hydrogens (primary N) is 1. The van der Waals surface area contributed by atoms with Gasteiger partial charge in [-0.25, -0.2) is 4.39 Å². The summed E-state index contributed by atoms with van der Waals surface area (Å²) in [4.78, 5) is 2.23. The second-order valence-corrected chi connectivity index (χ2v) is 6.82. The Morgan fingerprint density at radius 3 is 2.63 bits per heavy atom. The second kappa shape index (κ2) is 7.36. The van der Waals surface area contributed by atoms with Gasteiger partial charge in [-0.3, -0.25) is 0 Å². The highest BCUT2D eigenvalue weighted by atomic mass is 79.9. The molecule has 1 aromatic carbocycles. The Labute approximate surface area is 124 Å². The zero-order chi connectivity index (χ0) is 14.5. The molecule has 0 saturated carbocycles. The van der Waals surface area contributed by atoms with E-state index in [0.29, 0.717) is 6.54 Å². The van der Waals surface area contributed by atoms with Gasteiger partial charge in [-0.1, -0.05) is 29.8 Å². The fourth-order valence-corrected chi connectivity index (χ4v) is 2.16. The molecule has 0 unspecified atom stereocenters. The molecular weight excluding hydrogens is 307 g/mol. The van der Waals surface area contributed by atoms with Crippen molar-refractivity contribution >= 4 is 15.9 Å². The Hall–Kier alpha value is -0.450. The third-order valence-electron chi connectivity index (χ3n) is 3.49. The molecule has 0 fully saturated rings. The molecule has 2 nitrogen and oxygen atoms in total. The number of likely N-dealkylation sites (N-methyl/N-ethyl adjacent to an activating group) is 1. The summed E-state index contributed by atoms with van der Waals surface area (Å²) < 4.78 is 14.5. The van der Waals surface area contributed by atoms with E-state index in [1.165, 1.54) is 6.07 Å². The predicted molar refractivity (Wildman–Crippen MR) is 82.8 cm³/mol. The normalized spacial score (nSPS) is 12.2. The molecule has 0 spiro atoms. The van der Waals surface area contributed by atoms with E-state index in [-0.39, 0.29) is 11.2 Å². The van der Waals surface area contributed by atoms with Crippen molar-refractivity contribution < 1.29 is 4.39 Å². The van der Waals surface area contributed by atoms with E-state index in [1.807, 2.05) is 6.07 Å². The van der Waals surface area contributed by atoms with E-state index in [1.54, 1.807) is 6.07 Å². The average Bonchev–Trinajstić information content (AvgIpc) is 2.37. The van der Waals surface area contributed by atoms with Crippen molar-refractivity contribution in [1.29, 1.82) is 0 Å². The molecule has 0 saturated heterocycles. The Morgan fingerprint density at radius 2 is 2.00 bits per heavy atom. The molecule has 0 radical (unpaired) electrons. The van der Waals surface area contributed by atoms with Gasteiger partial charge in [-0.15, -0.1) is 0 Å². The maximum Gasteiger partial charge on any atom is 0.126 e. The van der Waals surface area contributed by atoms with Crippen LogP contribution in [0.3, 0.4) is 0 Å². The van der Waals surface area contributed by atoms with Gasteiger partial charge in [0, 0.05) is 11.0 Å². The topological polar surface area (TPSA) is 29.3 Å². The van der Waals surface area contributed by atoms with Crippen LogP contribution >= 0.6 is 15.9 Å². The standard InChI is InChI=1S/C15H24BrFN2/c1-15(2,11-18)7-9-19(3)8-6-12-10-13(16)4-5-14(12)17/h4-5,10H,6-9,11,18H2,1-3H3. The second-order valence-electron chi connectivity index (χ2n) is 5.91. The van der Waals surface area contributed by atoms with Crippen LogP contribution in [0.5, 0.6) is 0 Å². The van der Waals surface area contributed by atoms with Crippen molar-refractivity contribution in [2.75, 3.05) is 26.7 Å². The van der Waals surface area contributed by atoms with Gasteiger partial charge in [-0.05, 0) is 62.2 Å². The summed E-state index contributed by atoms with van der Waals surface area (Å²) in [5, 5.41) is 0. The lowest BCUT2D eigenvalue weighted by Gasteiger charge is -2.26. The summed E-state index contributed by atoms with van der Waals surface area (Å²) in [7, 11) is 2.07. The fraction of sp³-hybridized carbons (Fsp3) is 0.600. The molecule has 0 aliphatic carbocycles. The first-order valence-electron chi connectivity index (χ1n) is 6.66. The molecule has 4 heteroatoms. The largest absolute Gasteiger partial charge is 0.330 e. The average molecular weight is 331 g/mol. The lowest BCUT2D eigenvalue weighted by atomic mass is 9.89. The first-order chi connectivity index (χ1) is 8.84. The third kappa shape index (κ3) is 6.02. The number of hydrogen-bond acceptors (Lipinski definition) is 2. The van der Waals surface area contributed by atoms with Crippen molar-refractivity contribution in [1.82, 2.24) is 4.90 Å². The van der Waals surface area contributed by atoms with Gasteiger partial charge in [0.1, 0.15) is 5.82 Å². The molecule has 1 rings (SSSR count). The molecule has 0 atom stereocenters. The van der Waals surface area contributed by atoms with E-state index in [0.717, 1.165) is 36.0 Å². The monoisotopic (exact) mass is 330 g/mol. The van der Waals surface area contributed by atoms with Crippen LogP contribution in [0.2, 0.25) is 0 Å². The Morgan fingerprint density at radius 1 is 1.32 bits per heavy atom. The van der Waals surface area contributed by atoms with Crippen LogP contribution in [0.25, 0.3) is 0 Å². The minimum atomic E-state index is -0.126. The molecule has 0 aliphatic rings. The van der Waals surface area contributed by atoms with Crippen LogP contribution in [-0.2, 0) is 6.42 Å². The molecule has 1 aromatic rings. The predicted octanol–water partition coefficient (Wildman–Crippen LogP) is 3.44. The van der Waals surface area contributed by atoms with E-state index in [4.69, 9.17) is 5.73 Å². The summed E-state index contributed by atoms with van der Waals surface area (Å²) >= 11 is 3.38. The van der Waals surface area contributed by atoms with Gasteiger partial charge in [0.15, 0.2) is 0 Å².